The summed E-state index contributed by atoms with van der Waals surface area (Å²) in [6, 6.07) is 5.06. The van der Waals surface area contributed by atoms with Crippen LogP contribution in [0.2, 0.25) is 0 Å². The molecule has 0 bridgehead atoms. The molecule has 0 unspecified atom stereocenters. The highest BCUT2D eigenvalue weighted by Crippen LogP contribution is 2.15. The Hall–Kier alpha value is -0.490. The van der Waals surface area contributed by atoms with Crippen molar-refractivity contribution in [3.05, 3.63) is 34.1 Å². The Kier molecular flexibility index (Phi) is 6.23. The molecule has 2 rings (SSSR count). The van der Waals surface area contributed by atoms with Crippen molar-refractivity contribution < 1.29 is 4.39 Å². The first-order chi connectivity index (χ1) is 9.25. The minimum atomic E-state index is -0.141. The average Bonchev–Trinajstić information content (AvgIpc) is 2.43. The minimum Gasteiger partial charge on any atom is -0.314 e. The first-order valence-electron chi connectivity index (χ1n) is 6.83. The molecule has 0 aromatic heterocycles. The van der Waals surface area contributed by atoms with E-state index in [2.05, 4.69) is 31.5 Å². The van der Waals surface area contributed by atoms with Gasteiger partial charge in [-0.05, 0) is 37.7 Å². The standard InChI is InChI=1S/C14H21BrFN3/c15-13-2-3-14(16)12(10-13)11-18-4-1-7-19-8-5-17-6-9-19/h2-3,10,17-18H,1,4-9,11H2. The predicted octanol–water partition coefficient (Wildman–Crippen LogP) is 1.97. The molecular formula is C14H21BrFN3. The van der Waals surface area contributed by atoms with E-state index in [1.54, 1.807) is 6.07 Å². The van der Waals surface area contributed by atoms with Gasteiger partial charge in [0.1, 0.15) is 5.82 Å². The molecule has 106 valence electrons. The third-order valence-electron chi connectivity index (χ3n) is 3.36. The summed E-state index contributed by atoms with van der Waals surface area (Å²) in [4.78, 5) is 2.47. The molecule has 2 N–H and O–H groups in total. The molecule has 1 aliphatic rings. The van der Waals surface area contributed by atoms with E-state index < -0.39 is 0 Å². The third kappa shape index (κ3) is 5.18. The van der Waals surface area contributed by atoms with E-state index in [1.165, 1.54) is 6.07 Å². The highest BCUT2D eigenvalue weighted by molar-refractivity contribution is 9.10. The van der Waals surface area contributed by atoms with E-state index in [1.807, 2.05) is 6.07 Å². The number of nitrogens with one attached hydrogen (secondary N) is 2. The maximum atomic E-state index is 13.5. The Morgan fingerprint density at radius 3 is 2.89 bits per heavy atom. The molecular weight excluding hydrogens is 309 g/mol. The fourth-order valence-electron chi connectivity index (χ4n) is 2.26. The summed E-state index contributed by atoms with van der Waals surface area (Å²) in [6.07, 6.45) is 1.11. The fourth-order valence-corrected chi connectivity index (χ4v) is 2.67. The van der Waals surface area contributed by atoms with Gasteiger partial charge in [0, 0.05) is 42.8 Å². The molecule has 19 heavy (non-hydrogen) atoms. The molecule has 0 amide bonds. The maximum absolute atomic E-state index is 13.5. The van der Waals surface area contributed by atoms with E-state index in [9.17, 15) is 4.39 Å². The highest BCUT2D eigenvalue weighted by atomic mass is 79.9. The summed E-state index contributed by atoms with van der Waals surface area (Å²) in [5, 5.41) is 6.65. The lowest BCUT2D eigenvalue weighted by Crippen LogP contribution is -2.44. The number of benzene rings is 1. The van der Waals surface area contributed by atoms with Gasteiger partial charge < -0.3 is 15.5 Å². The first kappa shape index (κ1) is 14.9. The van der Waals surface area contributed by atoms with E-state index >= 15 is 0 Å². The topological polar surface area (TPSA) is 27.3 Å². The van der Waals surface area contributed by atoms with Gasteiger partial charge in [-0.25, -0.2) is 4.39 Å². The fraction of sp³-hybridized carbons (Fsp3) is 0.571. The zero-order chi connectivity index (χ0) is 13.5. The molecule has 0 aliphatic carbocycles. The quantitative estimate of drug-likeness (QED) is 0.781. The van der Waals surface area contributed by atoms with Crippen molar-refractivity contribution in [2.45, 2.75) is 13.0 Å². The SMILES string of the molecule is Fc1ccc(Br)cc1CNCCCN1CCNCC1. The number of piperazine rings is 1. The van der Waals surface area contributed by atoms with Crippen LogP contribution in [-0.4, -0.2) is 44.2 Å². The van der Waals surface area contributed by atoms with Crippen molar-refractivity contribution in [2.24, 2.45) is 0 Å². The Bertz CT molecular complexity index is 394. The maximum Gasteiger partial charge on any atom is 0.127 e. The molecule has 1 fully saturated rings. The van der Waals surface area contributed by atoms with Crippen molar-refractivity contribution in [3.8, 4) is 0 Å². The lowest BCUT2D eigenvalue weighted by molar-refractivity contribution is 0.237. The van der Waals surface area contributed by atoms with Crippen LogP contribution in [-0.2, 0) is 6.54 Å². The van der Waals surface area contributed by atoms with Crippen LogP contribution in [0.3, 0.4) is 0 Å². The monoisotopic (exact) mass is 329 g/mol. The van der Waals surface area contributed by atoms with E-state index in [4.69, 9.17) is 0 Å². The summed E-state index contributed by atoms with van der Waals surface area (Å²) in [5.74, 6) is -0.141. The lowest BCUT2D eigenvalue weighted by Gasteiger charge is -2.27. The number of rotatable bonds is 6. The van der Waals surface area contributed by atoms with Crippen LogP contribution in [0.25, 0.3) is 0 Å². The summed E-state index contributed by atoms with van der Waals surface area (Å²) >= 11 is 3.36. The first-order valence-corrected chi connectivity index (χ1v) is 7.63. The Labute approximate surface area is 122 Å². The van der Waals surface area contributed by atoms with Gasteiger partial charge >= 0.3 is 0 Å². The van der Waals surface area contributed by atoms with E-state index in [0.29, 0.717) is 6.54 Å². The largest absolute Gasteiger partial charge is 0.314 e. The Balaban J connectivity index is 1.62. The minimum absolute atomic E-state index is 0.141. The van der Waals surface area contributed by atoms with Gasteiger partial charge in [0.25, 0.3) is 0 Å². The third-order valence-corrected chi connectivity index (χ3v) is 3.85. The summed E-state index contributed by atoms with van der Waals surface area (Å²) in [6.45, 7) is 7.10. The van der Waals surface area contributed by atoms with Gasteiger partial charge in [0.2, 0.25) is 0 Å². The van der Waals surface area contributed by atoms with Crippen LogP contribution in [0.5, 0.6) is 0 Å². The molecule has 0 spiro atoms. The number of halogens is 2. The number of hydrogen-bond acceptors (Lipinski definition) is 3. The Morgan fingerprint density at radius 1 is 1.32 bits per heavy atom. The predicted molar refractivity (Wildman–Crippen MR) is 79.7 cm³/mol. The number of hydrogen-bond donors (Lipinski definition) is 2. The van der Waals surface area contributed by atoms with Crippen molar-refractivity contribution in [3.63, 3.8) is 0 Å². The van der Waals surface area contributed by atoms with Crippen molar-refractivity contribution in [1.82, 2.24) is 15.5 Å². The lowest BCUT2D eigenvalue weighted by atomic mass is 10.2. The van der Waals surface area contributed by atoms with Gasteiger partial charge in [-0.1, -0.05) is 15.9 Å². The summed E-state index contributed by atoms with van der Waals surface area (Å²) in [7, 11) is 0. The highest BCUT2D eigenvalue weighted by Gasteiger charge is 2.08. The number of nitrogens with zero attached hydrogens (tertiary/aromatic N) is 1. The molecule has 1 saturated heterocycles. The molecule has 0 atom stereocenters. The Morgan fingerprint density at radius 2 is 2.11 bits per heavy atom. The molecule has 0 radical (unpaired) electrons. The molecule has 1 aliphatic heterocycles. The second-order valence-corrected chi connectivity index (χ2v) is 5.77. The van der Waals surface area contributed by atoms with Crippen LogP contribution in [0, 0.1) is 5.82 Å². The molecule has 1 aromatic rings. The molecule has 3 nitrogen and oxygen atoms in total. The smallest absolute Gasteiger partial charge is 0.127 e. The van der Waals surface area contributed by atoms with Crippen molar-refractivity contribution >= 4 is 15.9 Å². The zero-order valence-electron chi connectivity index (χ0n) is 11.1. The van der Waals surface area contributed by atoms with Gasteiger partial charge in [-0.2, -0.15) is 0 Å². The normalized spacial score (nSPS) is 16.7. The van der Waals surface area contributed by atoms with Crippen LogP contribution < -0.4 is 10.6 Å². The van der Waals surface area contributed by atoms with Gasteiger partial charge in [-0.15, -0.1) is 0 Å². The second-order valence-electron chi connectivity index (χ2n) is 4.86. The summed E-state index contributed by atoms with van der Waals surface area (Å²) in [5.41, 5.74) is 0.719. The van der Waals surface area contributed by atoms with Gasteiger partial charge in [0.15, 0.2) is 0 Å². The summed E-state index contributed by atoms with van der Waals surface area (Å²) < 4.78 is 14.4. The molecule has 5 heteroatoms. The van der Waals surface area contributed by atoms with Gasteiger partial charge in [-0.3, -0.25) is 0 Å². The molecule has 0 saturated carbocycles. The van der Waals surface area contributed by atoms with Crippen LogP contribution in [0.1, 0.15) is 12.0 Å². The van der Waals surface area contributed by atoms with E-state index in [-0.39, 0.29) is 5.82 Å². The van der Waals surface area contributed by atoms with Gasteiger partial charge in [0.05, 0.1) is 0 Å². The van der Waals surface area contributed by atoms with Crippen LogP contribution in [0.4, 0.5) is 4.39 Å². The molecule has 1 aromatic carbocycles. The second kappa shape index (κ2) is 7.94. The van der Waals surface area contributed by atoms with Crippen molar-refractivity contribution in [1.29, 1.82) is 0 Å². The van der Waals surface area contributed by atoms with Crippen LogP contribution >= 0.6 is 15.9 Å². The van der Waals surface area contributed by atoms with Crippen molar-refractivity contribution in [2.75, 3.05) is 39.3 Å². The average molecular weight is 330 g/mol. The molecule has 1 heterocycles. The van der Waals surface area contributed by atoms with E-state index in [0.717, 1.165) is 55.7 Å². The van der Waals surface area contributed by atoms with Crippen LogP contribution in [0.15, 0.2) is 22.7 Å². The zero-order valence-corrected chi connectivity index (χ0v) is 12.7.